The Labute approximate surface area is 120 Å². The number of carbonyl (C=O) groups is 1. The van der Waals surface area contributed by atoms with Gasteiger partial charge >= 0.3 is 0 Å². The van der Waals surface area contributed by atoms with Gasteiger partial charge in [-0.05, 0) is 32.0 Å². The number of halogens is 3. The highest BCUT2D eigenvalue weighted by molar-refractivity contribution is 5.94. The molecule has 0 saturated carbocycles. The lowest BCUT2D eigenvalue weighted by Gasteiger charge is -2.15. The van der Waals surface area contributed by atoms with Gasteiger partial charge in [0.05, 0.1) is 11.6 Å². The molecular formula is C16H14F3NO. The number of nitrogens with one attached hydrogen (secondary N) is 1. The fraction of sp³-hybridized carbons (Fsp3) is 0.188. The van der Waals surface area contributed by atoms with Gasteiger partial charge in [-0.1, -0.05) is 17.7 Å². The van der Waals surface area contributed by atoms with Gasteiger partial charge < -0.3 is 5.32 Å². The smallest absolute Gasteiger partial charge is 0.254 e. The molecule has 0 spiro atoms. The van der Waals surface area contributed by atoms with Crippen LogP contribution in [0.25, 0.3) is 0 Å². The third-order valence-corrected chi connectivity index (χ3v) is 3.14. The molecule has 2 rings (SSSR count). The number of benzene rings is 2. The fourth-order valence-corrected chi connectivity index (χ4v) is 2.02. The molecule has 0 bridgehead atoms. The molecule has 1 unspecified atom stereocenters. The summed E-state index contributed by atoms with van der Waals surface area (Å²) >= 11 is 0. The standard InChI is InChI=1S/C16H14F3NO/c1-9-3-6-14(18)13(7-9)16(21)20-10(2)12-5-4-11(17)8-15(12)19/h3-8,10H,1-2H3,(H,20,21). The maximum absolute atomic E-state index is 13.6. The van der Waals surface area contributed by atoms with E-state index in [0.717, 1.165) is 17.7 Å². The second-order valence-corrected chi connectivity index (χ2v) is 4.84. The van der Waals surface area contributed by atoms with Crippen molar-refractivity contribution in [3.05, 3.63) is 70.5 Å². The average molecular weight is 293 g/mol. The molecule has 110 valence electrons. The third kappa shape index (κ3) is 3.42. The van der Waals surface area contributed by atoms with Crippen molar-refractivity contribution < 1.29 is 18.0 Å². The van der Waals surface area contributed by atoms with Crippen molar-refractivity contribution in [2.45, 2.75) is 19.9 Å². The number of hydrogen-bond donors (Lipinski definition) is 1. The third-order valence-electron chi connectivity index (χ3n) is 3.14. The van der Waals surface area contributed by atoms with Gasteiger partial charge in [0.1, 0.15) is 17.5 Å². The lowest BCUT2D eigenvalue weighted by Crippen LogP contribution is -2.28. The number of hydrogen-bond acceptors (Lipinski definition) is 1. The van der Waals surface area contributed by atoms with Crippen molar-refractivity contribution in [3.63, 3.8) is 0 Å². The molecular weight excluding hydrogens is 279 g/mol. The van der Waals surface area contributed by atoms with E-state index >= 15 is 0 Å². The molecule has 0 aliphatic heterocycles. The van der Waals surface area contributed by atoms with Crippen LogP contribution in [-0.4, -0.2) is 5.91 Å². The predicted molar refractivity (Wildman–Crippen MR) is 73.4 cm³/mol. The highest BCUT2D eigenvalue weighted by Crippen LogP contribution is 2.19. The van der Waals surface area contributed by atoms with E-state index in [0.29, 0.717) is 0 Å². The zero-order chi connectivity index (χ0) is 15.6. The van der Waals surface area contributed by atoms with Crippen molar-refractivity contribution in [1.82, 2.24) is 5.32 Å². The van der Waals surface area contributed by atoms with Crippen molar-refractivity contribution in [2.24, 2.45) is 0 Å². The van der Waals surface area contributed by atoms with Crippen LogP contribution in [0.5, 0.6) is 0 Å². The van der Waals surface area contributed by atoms with Gasteiger partial charge in [-0.15, -0.1) is 0 Å². The van der Waals surface area contributed by atoms with Crippen molar-refractivity contribution in [2.75, 3.05) is 0 Å². The lowest BCUT2D eigenvalue weighted by atomic mass is 10.1. The van der Waals surface area contributed by atoms with Crippen LogP contribution >= 0.6 is 0 Å². The minimum Gasteiger partial charge on any atom is -0.345 e. The van der Waals surface area contributed by atoms with Gasteiger partial charge in [-0.2, -0.15) is 0 Å². The summed E-state index contributed by atoms with van der Waals surface area (Å²) in [6.45, 7) is 3.28. The van der Waals surface area contributed by atoms with Crippen molar-refractivity contribution in [1.29, 1.82) is 0 Å². The molecule has 1 atom stereocenters. The molecule has 0 saturated heterocycles. The topological polar surface area (TPSA) is 29.1 Å². The summed E-state index contributed by atoms with van der Waals surface area (Å²) in [5.41, 5.74) is 0.768. The molecule has 0 aromatic heterocycles. The summed E-state index contributed by atoms with van der Waals surface area (Å²) in [7, 11) is 0. The van der Waals surface area contributed by atoms with E-state index in [9.17, 15) is 18.0 Å². The average Bonchev–Trinajstić information content (AvgIpc) is 2.41. The molecule has 0 heterocycles. The second kappa shape index (κ2) is 5.99. The summed E-state index contributed by atoms with van der Waals surface area (Å²) in [5, 5.41) is 2.50. The summed E-state index contributed by atoms with van der Waals surface area (Å²) in [4.78, 5) is 12.0. The summed E-state index contributed by atoms with van der Waals surface area (Å²) in [5.74, 6) is -2.75. The predicted octanol–water partition coefficient (Wildman–Crippen LogP) is 3.90. The zero-order valence-corrected chi connectivity index (χ0v) is 11.6. The largest absolute Gasteiger partial charge is 0.345 e. The van der Waals surface area contributed by atoms with E-state index in [-0.39, 0.29) is 11.1 Å². The van der Waals surface area contributed by atoms with Gasteiger partial charge in [0.15, 0.2) is 0 Å². The molecule has 1 N–H and O–H groups in total. The Morgan fingerprint density at radius 2 is 1.76 bits per heavy atom. The first-order valence-corrected chi connectivity index (χ1v) is 6.40. The molecule has 2 nitrogen and oxygen atoms in total. The SMILES string of the molecule is Cc1ccc(F)c(C(=O)NC(C)c2ccc(F)cc2F)c1. The highest BCUT2D eigenvalue weighted by atomic mass is 19.1. The van der Waals surface area contributed by atoms with E-state index < -0.39 is 29.4 Å². The number of aryl methyl sites for hydroxylation is 1. The van der Waals surface area contributed by atoms with Crippen LogP contribution in [0.15, 0.2) is 36.4 Å². The molecule has 0 fully saturated rings. The monoisotopic (exact) mass is 293 g/mol. The first kappa shape index (κ1) is 15.1. The normalized spacial score (nSPS) is 12.0. The molecule has 1 amide bonds. The summed E-state index contributed by atoms with van der Waals surface area (Å²) in [6.07, 6.45) is 0. The Balaban J connectivity index is 2.20. The highest BCUT2D eigenvalue weighted by Gasteiger charge is 2.17. The van der Waals surface area contributed by atoms with Gasteiger partial charge in [0, 0.05) is 11.6 Å². The molecule has 0 radical (unpaired) electrons. The van der Waals surface area contributed by atoms with Gasteiger partial charge in [0.2, 0.25) is 0 Å². The van der Waals surface area contributed by atoms with E-state index in [2.05, 4.69) is 5.32 Å². The Hall–Kier alpha value is -2.30. The van der Waals surface area contributed by atoms with Crippen LogP contribution in [0.2, 0.25) is 0 Å². The van der Waals surface area contributed by atoms with Crippen LogP contribution in [-0.2, 0) is 0 Å². The molecule has 5 heteroatoms. The molecule has 0 aliphatic carbocycles. The lowest BCUT2D eigenvalue weighted by molar-refractivity contribution is 0.0935. The molecule has 0 aliphatic rings. The van der Waals surface area contributed by atoms with Crippen LogP contribution in [0.4, 0.5) is 13.2 Å². The number of amides is 1. The molecule has 21 heavy (non-hydrogen) atoms. The van der Waals surface area contributed by atoms with E-state index in [1.165, 1.54) is 18.2 Å². The van der Waals surface area contributed by atoms with Crippen LogP contribution < -0.4 is 5.32 Å². The number of carbonyl (C=O) groups excluding carboxylic acids is 1. The van der Waals surface area contributed by atoms with E-state index in [4.69, 9.17) is 0 Å². The zero-order valence-electron chi connectivity index (χ0n) is 11.6. The quantitative estimate of drug-likeness (QED) is 0.913. The van der Waals surface area contributed by atoms with E-state index in [1.54, 1.807) is 19.9 Å². The number of rotatable bonds is 3. The summed E-state index contributed by atoms with van der Waals surface area (Å²) < 4.78 is 40.1. The fourth-order valence-electron chi connectivity index (χ4n) is 2.02. The van der Waals surface area contributed by atoms with Crippen LogP contribution in [0, 0.1) is 24.4 Å². The minimum atomic E-state index is -0.757. The Kier molecular flexibility index (Phi) is 4.31. The van der Waals surface area contributed by atoms with Crippen molar-refractivity contribution in [3.8, 4) is 0 Å². The Morgan fingerprint density at radius 3 is 2.43 bits per heavy atom. The van der Waals surface area contributed by atoms with Crippen molar-refractivity contribution >= 4 is 5.91 Å². The van der Waals surface area contributed by atoms with Crippen LogP contribution in [0.3, 0.4) is 0 Å². The summed E-state index contributed by atoms with van der Waals surface area (Å²) in [6, 6.07) is 6.56. The van der Waals surface area contributed by atoms with Gasteiger partial charge in [-0.25, -0.2) is 13.2 Å². The Bertz CT molecular complexity index is 685. The van der Waals surface area contributed by atoms with E-state index in [1.807, 2.05) is 0 Å². The maximum Gasteiger partial charge on any atom is 0.254 e. The second-order valence-electron chi connectivity index (χ2n) is 4.84. The van der Waals surface area contributed by atoms with Gasteiger partial charge in [0.25, 0.3) is 5.91 Å². The Morgan fingerprint density at radius 1 is 1.05 bits per heavy atom. The minimum absolute atomic E-state index is 0.107. The van der Waals surface area contributed by atoms with Crippen LogP contribution in [0.1, 0.15) is 34.5 Å². The molecule has 2 aromatic carbocycles. The van der Waals surface area contributed by atoms with Gasteiger partial charge in [-0.3, -0.25) is 4.79 Å². The first-order valence-electron chi connectivity index (χ1n) is 6.40. The molecule has 2 aromatic rings. The maximum atomic E-state index is 13.6. The first-order chi connectivity index (χ1) is 9.88.